The van der Waals surface area contributed by atoms with Gasteiger partial charge in [0.25, 0.3) is 0 Å². The summed E-state index contributed by atoms with van der Waals surface area (Å²) >= 11 is 0. The number of nitrogens with two attached hydrogens (primary N) is 1. The molecular weight excluding hydrogens is 214 g/mol. The first-order chi connectivity index (χ1) is 8.19. The van der Waals surface area contributed by atoms with Gasteiger partial charge in [0.05, 0.1) is 6.10 Å². The van der Waals surface area contributed by atoms with Crippen LogP contribution >= 0.6 is 0 Å². The van der Waals surface area contributed by atoms with E-state index in [2.05, 4.69) is 6.92 Å². The third-order valence-electron chi connectivity index (χ3n) is 3.54. The molecule has 0 bridgehead atoms. The molecule has 1 saturated carbocycles. The zero-order valence-electron chi connectivity index (χ0n) is 10.8. The topological polar surface area (TPSA) is 48.4 Å². The first kappa shape index (κ1) is 12.7. The Morgan fingerprint density at radius 3 is 2.88 bits per heavy atom. The molecule has 3 atom stereocenters. The largest absolute Gasteiger partial charge is 0.464 e. The quantitative estimate of drug-likeness (QED) is 0.875. The summed E-state index contributed by atoms with van der Waals surface area (Å²) < 4.78 is 11.7. The minimum atomic E-state index is -0.0843. The minimum absolute atomic E-state index is 0.0843. The van der Waals surface area contributed by atoms with Crippen LogP contribution in [0.15, 0.2) is 16.5 Å². The van der Waals surface area contributed by atoms with Crippen molar-refractivity contribution in [2.45, 2.75) is 51.7 Å². The fourth-order valence-corrected chi connectivity index (χ4v) is 2.60. The first-order valence-corrected chi connectivity index (χ1v) is 6.61. The van der Waals surface area contributed by atoms with Crippen molar-refractivity contribution in [3.05, 3.63) is 23.7 Å². The van der Waals surface area contributed by atoms with E-state index >= 15 is 0 Å². The molecule has 1 aromatic rings. The van der Waals surface area contributed by atoms with E-state index in [-0.39, 0.29) is 6.10 Å². The number of aryl methyl sites for hydroxylation is 1. The SMILES string of the molecule is Cc1ccc(C(CN)OC2CCCC(C)C2)o1. The van der Waals surface area contributed by atoms with E-state index in [9.17, 15) is 0 Å². The van der Waals surface area contributed by atoms with Crippen molar-refractivity contribution in [3.63, 3.8) is 0 Å². The van der Waals surface area contributed by atoms with Gasteiger partial charge >= 0.3 is 0 Å². The Morgan fingerprint density at radius 1 is 1.47 bits per heavy atom. The number of ether oxygens (including phenoxy) is 1. The number of furan rings is 1. The third kappa shape index (κ3) is 3.33. The van der Waals surface area contributed by atoms with Crippen molar-refractivity contribution < 1.29 is 9.15 Å². The van der Waals surface area contributed by atoms with Crippen LogP contribution in [0.1, 0.15) is 50.2 Å². The number of hydrogen-bond donors (Lipinski definition) is 1. The monoisotopic (exact) mass is 237 g/mol. The summed E-state index contributed by atoms with van der Waals surface area (Å²) in [5, 5.41) is 0. The van der Waals surface area contributed by atoms with Crippen LogP contribution in [0.4, 0.5) is 0 Å². The fourth-order valence-electron chi connectivity index (χ4n) is 2.60. The normalized spacial score (nSPS) is 27.0. The molecule has 0 saturated heterocycles. The van der Waals surface area contributed by atoms with Crippen LogP contribution in [0.25, 0.3) is 0 Å². The van der Waals surface area contributed by atoms with Crippen molar-refractivity contribution in [2.24, 2.45) is 11.7 Å². The standard InChI is InChI=1S/C14H23NO2/c1-10-4-3-5-12(8-10)17-14(9-15)13-7-6-11(2)16-13/h6-7,10,12,14H,3-5,8-9,15H2,1-2H3. The lowest BCUT2D eigenvalue weighted by Crippen LogP contribution is -2.26. The van der Waals surface area contributed by atoms with Crippen LogP contribution in [-0.2, 0) is 4.74 Å². The van der Waals surface area contributed by atoms with E-state index in [0.29, 0.717) is 12.6 Å². The summed E-state index contributed by atoms with van der Waals surface area (Å²) in [7, 11) is 0. The molecule has 0 amide bonds. The molecule has 0 aliphatic heterocycles. The van der Waals surface area contributed by atoms with Crippen LogP contribution in [-0.4, -0.2) is 12.6 Å². The molecule has 0 aromatic carbocycles. The van der Waals surface area contributed by atoms with E-state index in [4.69, 9.17) is 14.9 Å². The van der Waals surface area contributed by atoms with Gasteiger partial charge in [-0.1, -0.05) is 19.8 Å². The zero-order chi connectivity index (χ0) is 12.3. The molecule has 3 nitrogen and oxygen atoms in total. The lowest BCUT2D eigenvalue weighted by Gasteiger charge is -2.29. The molecule has 0 radical (unpaired) electrons. The summed E-state index contributed by atoms with van der Waals surface area (Å²) in [5.41, 5.74) is 5.78. The highest BCUT2D eigenvalue weighted by atomic mass is 16.5. The number of hydrogen-bond acceptors (Lipinski definition) is 3. The van der Waals surface area contributed by atoms with E-state index < -0.39 is 0 Å². The maximum Gasteiger partial charge on any atom is 0.134 e. The van der Waals surface area contributed by atoms with Gasteiger partial charge in [0, 0.05) is 6.54 Å². The van der Waals surface area contributed by atoms with Gasteiger partial charge < -0.3 is 14.9 Å². The molecule has 0 spiro atoms. The summed E-state index contributed by atoms with van der Waals surface area (Å²) in [6.45, 7) is 4.72. The lowest BCUT2D eigenvalue weighted by atomic mass is 9.88. The Bertz CT molecular complexity index is 348. The van der Waals surface area contributed by atoms with Crippen molar-refractivity contribution >= 4 is 0 Å². The number of rotatable bonds is 4. The summed E-state index contributed by atoms with van der Waals surface area (Å²) in [6.07, 6.45) is 5.15. The molecule has 3 heteroatoms. The van der Waals surface area contributed by atoms with Gasteiger partial charge in [-0.3, -0.25) is 0 Å². The molecule has 96 valence electrons. The molecule has 1 aliphatic rings. The summed E-state index contributed by atoms with van der Waals surface area (Å²) in [4.78, 5) is 0. The van der Waals surface area contributed by atoms with Crippen LogP contribution in [0.5, 0.6) is 0 Å². The average Bonchev–Trinajstić information content (AvgIpc) is 2.73. The molecule has 2 rings (SSSR count). The Labute approximate surface area is 103 Å². The van der Waals surface area contributed by atoms with Gasteiger partial charge in [-0.2, -0.15) is 0 Å². The third-order valence-corrected chi connectivity index (χ3v) is 3.54. The van der Waals surface area contributed by atoms with Gasteiger partial charge in [0.2, 0.25) is 0 Å². The highest BCUT2D eigenvalue weighted by Crippen LogP contribution is 2.30. The molecule has 1 fully saturated rings. The van der Waals surface area contributed by atoms with Crippen molar-refractivity contribution in [2.75, 3.05) is 6.54 Å². The summed E-state index contributed by atoms with van der Waals surface area (Å²) in [5.74, 6) is 2.55. The fraction of sp³-hybridized carbons (Fsp3) is 0.714. The first-order valence-electron chi connectivity index (χ1n) is 6.61. The molecule has 3 unspecified atom stereocenters. The molecule has 1 heterocycles. The second kappa shape index (κ2) is 5.69. The second-order valence-electron chi connectivity index (χ2n) is 5.20. The molecule has 2 N–H and O–H groups in total. The van der Waals surface area contributed by atoms with Gasteiger partial charge in [0.15, 0.2) is 0 Å². The Balaban J connectivity index is 1.95. The maximum atomic E-state index is 6.09. The highest BCUT2D eigenvalue weighted by molar-refractivity contribution is 5.08. The van der Waals surface area contributed by atoms with Gasteiger partial charge in [-0.15, -0.1) is 0 Å². The Kier molecular flexibility index (Phi) is 4.24. The minimum Gasteiger partial charge on any atom is -0.464 e. The van der Waals surface area contributed by atoms with E-state index in [1.165, 1.54) is 12.8 Å². The van der Waals surface area contributed by atoms with Gasteiger partial charge in [0.1, 0.15) is 17.6 Å². The maximum absolute atomic E-state index is 6.09. The van der Waals surface area contributed by atoms with Gasteiger partial charge in [-0.05, 0) is 37.8 Å². The van der Waals surface area contributed by atoms with Crippen LogP contribution < -0.4 is 5.73 Å². The Hall–Kier alpha value is -0.800. The predicted octanol–water partition coefficient (Wildman–Crippen LogP) is 3.18. The van der Waals surface area contributed by atoms with Crippen LogP contribution in [0, 0.1) is 12.8 Å². The van der Waals surface area contributed by atoms with E-state index in [1.807, 2.05) is 19.1 Å². The van der Waals surface area contributed by atoms with Crippen molar-refractivity contribution in [1.29, 1.82) is 0 Å². The molecular formula is C14H23NO2. The Morgan fingerprint density at radius 2 is 2.29 bits per heavy atom. The lowest BCUT2D eigenvalue weighted by molar-refractivity contribution is -0.0448. The smallest absolute Gasteiger partial charge is 0.134 e. The molecule has 17 heavy (non-hydrogen) atoms. The second-order valence-corrected chi connectivity index (χ2v) is 5.20. The van der Waals surface area contributed by atoms with E-state index in [1.54, 1.807) is 0 Å². The average molecular weight is 237 g/mol. The highest BCUT2D eigenvalue weighted by Gasteiger charge is 2.24. The summed E-state index contributed by atoms with van der Waals surface area (Å²) in [6, 6.07) is 3.93. The van der Waals surface area contributed by atoms with Crippen LogP contribution in [0.2, 0.25) is 0 Å². The van der Waals surface area contributed by atoms with Crippen molar-refractivity contribution in [3.8, 4) is 0 Å². The van der Waals surface area contributed by atoms with Crippen LogP contribution in [0.3, 0.4) is 0 Å². The molecule has 1 aliphatic carbocycles. The van der Waals surface area contributed by atoms with Crippen molar-refractivity contribution in [1.82, 2.24) is 0 Å². The zero-order valence-corrected chi connectivity index (χ0v) is 10.8. The molecule has 1 aromatic heterocycles. The van der Waals surface area contributed by atoms with E-state index in [0.717, 1.165) is 30.3 Å². The van der Waals surface area contributed by atoms with Gasteiger partial charge in [-0.25, -0.2) is 0 Å². The predicted molar refractivity (Wildman–Crippen MR) is 67.7 cm³/mol.